The Morgan fingerprint density at radius 1 is 0.920 bits per heavy atom. The predicted molar refractivity (Wildman–Crippen MR) is 173 cm³/mol. The van der Waals surface area contributed by atoms with Crippen molar-refractivity contribution in [2.75, 3.05) is 17.8 Å². The molecule has 0 aliphatic heterocycles. The highest BCUT2D eigenvalue weighted by atomic mass is 32.2. The fourth-order valence-corrected chi connectivity index (χ4v) is 5.04. The maximum Gasteiger partial charge on any atom is 0.427 e. The highest BCUT2D eigenvalue weighted by Gasteiger charge is 2.44. The Kier molecular flexibility index (Phi) is 10.8. The van der Waals surface area contributed by atoms with E-state index in [0.29, 0.717) is 11.2 Å². The molecular weight excluding hydrogens is 688 g/mol. The second-order valence-corrected chi connectivity index (χ2v) is 14.7. The maximum atomic E-state index is 15.7. The van der Waals surface area contributed by atoms with E-state index < -0.39 is 70.2 Å². The molecule has 0 radical (unpaired) electrons. The molecule has 0 fully saturated rings. The minimum absolute atomic E-state index is 0.0120. The van der Waals surface area contributed by atoms with Gasteiger partial charge < -0.3 is 14.2 Å². The van der Waals surface area contributed by atoms with Crippen LogP contribution in [0.4, 0.5) is 33.1 Å². The molecule has 17 heteroatoms. The van der Waals surface area contributed by atoms with Crippen molar-refractivity contribution < 1.29 is 54.0 Å². The minimum Gasteiger partial charge on any atom is -0.490 e. The van der Waals surface area contributed by atoms with Crippen LogP contribution in [0.15, 0.2) is 60.8 Å². The lowest BCUT2D eigenvalue weighted by molar-refractivity contribution is -0.107. The first kappa shape index (κ1) is 38.0. The lowest BCUT2D eigenvalue weighted by Crippen LogP contribution is -2.44. The molecule has 2 aromatic heterocycles. The van der Waals surface area contributed by atoms with Crippen LogP contribution in [-0.2, 0) is 23.8 Å². The van der Waals surface area contributed by atoms with Gasteiger partial charge in [0, 0.05) is 18.2 Å². The van der Waals surface area contributed by atoms with Crippen molar-refractivity contribution in [2.45, 2.75) is 71.2 Å². The number of amides is 2. The van der Waals surface area contributed by atoms with Crippen LogP contribution in [0.3, 0.4) is 0 Å². The third-order valence-corrected chi connectivity index (χ3v) is 7.02. The van der Waals surface area contributed by atoms with Crippen LogP contribution < -0.4 is 9.64 Å². The summed E-state index contributed by atoms with van der Waals surface area (Å²) >= 11 is 0. The molecule has 4 rings (SSSR count). The Balaban J connectivity index is 1.58. The van der Waals surface area contributed by atoms with Crippen molar-refractivity contribution in [1.29, 1.82) is 0 Å². The van der Waals surface area contributed by atoms with Gasteiger partial charge >= 0.3 is 12.2 Å². The van der Waals surface area contributed by atoms with Crippen LogP contribution in [0, 0.1) is 11.6 Å². The Bertz CT molecular complexity index is 1950. The van der Waals surface area contributed by atoms with E-state index in [1.54, 1.807) is 41.5 Å². The molecule has 50 heavy (non-hydrogen) atoms. The number of benzene rings is 2. The number of nitrogens with zero attached hydrogens (tertiary/aromatic N) is 4. The van der Waals surface area contributed by atoms with Gasteiger partial charge in [0.1, 0.15) is 17.0 Å². The summed E-state index contributed by atoms with van der Waals surface area (Å²) in [5, 5.41) is 4.19. The summed E-state index contributed by atoms with van der Waals surface area (Å²) in [4.78, 5) is 30.8. The zero-order valence-electron chi connectivity index (χ0n) is 28.2. The smallest absolute Gasteiger partial charge is 0.427 e. The molecule has 2 heterocycles. The van der Waals surface area contributed by atoms with Gasteiger partial charge in [0.05, 0.1) is 12.9 Å². The van der Waals surface area contributed by atoms with E-state index in [2.05, 4.69) is 14.3 Å². The molecule has 12 nitrogen and oxygen atoms in total. The largest absolute Gasteiger partial charge is 0.490 e. The van der Waals surface area contributed by atoms with Crippen LogP contribution in [0.5, 0.6) is 5.75 Å². The number of imide groups is 1. The average Bonchev–Trinajstić information content (AvgIpc) is 3.37. The molecule has 0 bridgehead atoms. The van der Waals surface area contributed by atoms with Crippen molar-refractivity contribution in [3.8, 4) is 16.9 Å². The third-order valence-electron chi connectivity index (χ3n) is 6.47. The quantitative estimate of drug-likeness (QED) is 0.120. The van der Waals surface area contributed by atoms with Gasteiger partial charge in [0.2, 0.25) is 0 Å². The first-order chi connectivity index (χ1) is 23.0. The van der Waals surface area contributed by atoms with Crippen LogP contribution >= 0.6 is 0 Å². The van der Waals surface area contributed by atoms with Crippen LogP contribution in [0.1, 0.15) is 59.6 Å². The summed E-state index contributed by atoms with van der Waals surface area (Å²) in [7, 11) is -4.36. The van der Waals surface area contributed by atoms with Crippen molar-refractivity contribution >= 4 is 33.9 Å². The summed E-state index contributed by atoms with van der Waals surface area (Å²) in [6.07, 6.45) is -3.55. The molecular formula is C33H36F4N4O8S. The molecule has 0 N–H and O–H groups in total. The van der Waals surface area contributed by atoms with Gasteiger partial charge in [-0.3, -0.25) is 4.18 Å². The van der Waals surface area contributed by atoms with Crippen molar-refractivity contribution in [2.24, 2.45) is 0 Å². The second-order valence-electron chi connectivity index (χ2n) is 13.1. The summed E-state index contributed by atoms with van der Waals surface area (Å²) in [5.74, 6) is -6.23. The second kappa shape index (κ2) is 14.2. The lowest BCUT2D eigenvalue weighted by Gasteiger charge is -2.26. The average molecular weight is 725 g/mol. The Labute approximate surface area is 286 Å². The van der Waals surface area contributed by atoms with Gasteiger partial charge in [-0.05, 0) is 83.0 Å². The van der Waals surface area contributed by atoms with Crippen LogP contribution in [-0.4, -0.2) is 65.2 Å². The Morgan fingerprint density at radius 3 is 2.08 bits per heavy atom. The number of alkyl halides is 2. The molecule has 0 saturated heterocycles. The van der Waals surface area contributed by atoms with E-state index in [4.69, 9.17) is 14.2 Å². The van der Waals surface area contributed by atoms with Crippen molar-refractivity contribution in [3.05, 3.63) is 78.0 Å². The lowest BCUT2D eigenvalue weighted by atomic mass is 10.0. The molecule has 0 aliphatic rings. The fourth-order valence-electron chi connectivity index (χ4n) is 4.44. The zero-order chi connectivity index (χ0) is 37.2. The van der Waals surface area contributed by atoms with E-state index in [1.165, 1.54) is 41.0 Å². The number of aromatic nitrogens is 3. The number of carbonyl (C=O) groups is 2. The molecule has 2 aromatic carbocycles. The number of hydrogen-bond donors (Lipinski definition) is 0. The number of pyridine rings is 1. The van der Waals surface area contributed by atoms with Crippen LogP contribution in [0.2, 0.25) is 0 Å². The molecule has 2 amide bonds. The summed E-state index contributed by atoms with van der Waals surface area (Å²) in [6.45, 7) is 8.90. The number of hydrogen-bond acceptors (Lipinski definition) is 10. The molecule has 270 valence electrons. The number of carbonyl (C=O) groups excluding carboxylic acids is 2. The normalized spacial score (nSPS) is 13.2. The number of anilines is 1. The van der Waals surface area contributed by atoms with E-state index in [0.717, 1.165) is 24.3 Å². The van der Waals surface area contributed by atoms with Gasteiger partial charge in [-0.1, -0.05) is 24.3 Å². The topological polar surface area (TPSA) is 139 Å². The standard InChI is InChI=1S/C33H36F4N4O8S/c1-31(2,3)47-29(42)41(30(43)48-32(4,5)6)28-38-25-19-21(15-17-40(25)39-28)23-9-8-10-24(26(23)35)46-18-16-33(36,37)27(49-50(7,44)45)20-11-13-22(34)14-12-20/h8-15,17,19,27H,16,18H2,1-7H3. The maximum absolute atomic E-state index is 15.7. The number of rotatable bonds is 10. The zero-order valence-corrected chi connectivity index (χ0v) is 29.1. The van der Waals surface area contributed by atoms with Gasteiger partial charge in [0.15, 0.2) is 23.3 Å². The van der Waals surface area contributed by atoms with E-state index in [-0.39, 0.29) is 34.0 Å². The molecule has 0 saturated carbocycles. The molecule has 0 aliphatic carbocycles. The minimum atomic E-state index is -4.36. The van der Waals surface area contributed by atoms with E-state index in [9.17, 15) is 22.4 Å². The Hall–Kier alpha value is -4.77. The summed E-state index contributed by atoms with van der Waals surface area (Å²) in [5.41, 5.74) is -1.90. The monoisotopic (exact) mass is 724 g/mol. The first-order valence-corrected chi connectivity index (χ1v) is 16.9. The number of halogens is 4. The third kappa shape index (κ3) is 9.90. The van der Waals surface area contributed by atoms with Gasteiger partial charge in [-0.25, -0.2) is 31.7 Å². The molecule has 1 atom stereocenters. The van der Waals surface area contributed by atoms with E-state index in [1.807, 2.05) is 0 Å². The number of fused-ring (bicyclic) bond motifs is 1. The summed E-state index contributed by atoms with van der Waals surface area (Å²) < 4.78 is 105. The van der Waals surface area contributed by atoms with Crippen molar-refractivity contribution in [3.63, 3.8) is 0 Å². The fraction of sp³-hybridized carbons (Fsp3) is 0.394. The Morgan fingerprint density at radius 2 is 1.52 bits per heavy atom. The molecule has 1 unspecified atom stereocenters. The highest BCUT2D eigenvalue weighted by molar-refractivity contribution is 7.86. The van der Waals surface area contributed by atoms with Crippen LogP contribution in [0.25, 0.3) is 16.8 Å². The van der Waals surface area contributed by atoms with Gasteiger partial charge in [-0.15, -0.1) is 10.00 Å². The van der Waals surface area contributed by atoms with Gasteiger partial charge in [0.25, 0.3) is 22.0 Å². The predicted octanol–water partition coefficient (Wildman–Crippen LogP) is 7.47. The first-order valence-electron chi connectivity index (χ1n) is 15.1. The van der Waals surface area contributed by atoms with Gasteiger partial charge in [-0.2, -0.15) is 13.4 Å². The van der Waals surface area contributed by atoms with E-state index >= 15 is 13.2 Å². The van der Waals surface area contributed by atoms with Crippen molar-refractivity contribution in [1.82, 2.24) is 14.6 Å². The molecule has 0 spiro atoms. The SMILES string of the molecule is CC(C)(C)OC(=O)N(C(=O)OC(C)(C)C)c1nc2cc(-c3cccc(OCCC(F)(F)C(OS(C)(=O)=O)c4ccc(F)cc4)c3F)ccn2n1. The highest BCUT2D eigenvalue weighted by Crippen LogP contribution is 2.39. The molecule has 4 aromatic rings. The number of ether oxygens (including phenoxy) is 3. The summed E-state index contributed by atoms with van der Waals surface area (Å²) in [6, 6.07) is 10.6.